The first-order valence-electron chi connectivity index (χ1n) is 31.1. The molecule has 14 aromatic carbocycles. The van der Waals surface area contributed by atoms with Crippen molar-refractivity contribution in [2.75, 3.05) is 9.80 Å². The van der Waals surface area contributed by atoms with Crippen molar-refractivity contribution in [3.05, 3.63) is 328 Å². The van der Waals surface area contributed by atoms with Crippen LogP contribution in [0.3, 0.4) is 0 Å². The van der Waals surface area contributed by atoms with Crippen molar-refractivity contribution in [3.8, 4) is 55.6 Å². The molecule has 6 heteroatoms. The Bertz CT molecular complexity index is 5770. The lowest BCUT2D eigenvalue weighted by molar-refractivity contribution is 0.667. The fourth-order valence-corrected chi connectivity index (χ4v) is 13.6. The second kappa shape index (κ2) is 21.7. The molecular weight excluding hydrogens is 1120 g/mol. The van der Waals surface area contributed by atoms with Crippen molar-refractivity contribution in [3.63, 3.8) is 0 Å². The third-order valence-corrected chi connectivity index (χ3v) is 18.3. The van der Waals surface area contributed by atoms with Crippen molar-refractivity contribution in [1.29, 1.82) is 0 Å². The maximum absolute atomic E-state index is 7.04. The zero-order chi connectivity index (χ0) is 60.6. The third-order valence-electron chi connectivity index (χ3n) is 18.3. The molecule has 0 amide bonds. The summed E-state index contributed by atoms with van der Waals surface area (Å²) in [7, 11) is 0. The molecule has 0 atom stereocenters. The molecule has 0 unspecified atom stereocenters. The smallest absolute Gasteiger partial charge is 0.181 e. The predicted octanol–water partition coefficient (Wildman–Crippen LogP) is 24.2. The number of aromatic nitrogens is 2. The number of anilines is 6. The Hall–Kier alpha value is -12.4. The number of pyridine rings is 2. The van der Waals surface area contributed by atoms with E-state index < -0.39 is 0 Å². The van der Waals surface area contributed by atoms with Gasteiger partial charge in [0.1, 0.15) is 16.7 Å². The van der Waals surface area contributed by atoms with E-state index in [-0.39, 0.29) is 0 Å². The van der Waals surface area contributed by atoms with Crippen LogP contribution in [0, 0.1) is 0 Å². The number of fused-ring (bicyclic) bond motifs is 10. The average Bonchev–Trinajstić information content (AvgIpc) is 1.95. The summed E-state index contributed by atoms with van der Waals surface area (Å²) >= 11 is 0. The third kappa shape index (κ3) is 9.19. The topological polar surface area (TPSA) is 58.5 Å². The lowest BCUT2D eigenvalue weighted by Gasteiger charge is -2.26. The minimum atomic E-state index is 0.706. The Morgan fingerprint density at radius 3 is 1.16 bits per heavy atom. The summed E-state index contributed by atoms with van der Waals surface area (Å²) < 4.78 is 13.7. The van der Waals surface area contributed by atoms with Gasteiger partial charge in [0.15, 0.2) is 17.0 Å². The van der Waals surface area contributed by atoms with Gasteiger partial charge in [-0.2, -0.15) is 0 Å². The summed E-state index contributed by atoms with van der Waals surface area (Å²) in [6.07, 6.45) is 3.80. The van der Waals surface area contributed by atoms with Crippen molar-refractivity contribution >= 4 is 121 Å². The van der Waals surface area contributed by atoms with Crippen molar-refractivity contribution in [2.24, 2.45) is 0 Å². The predicted molar refractivity (Wildman–Crippen MR) is 383 cm³/mol. The van der Waals surface area contributed by atoms with E-state index in [0.29, 0.717) is 11.4 Å². The Kier molecular flexibility index (Phi) is 12.5. The summed E-state index contributed by atoms with van der Waals surface area (Å²) in [5.41, 5.74) is 20.0. The molecule has 0 bridgehead atoms. The van der Waals surface area contributed by atoms with Gasteiger partial charge in [-0.05, 0) is 208 Å². The van der Waals surface area contributed by atoms with E-state index in [1.807, 2.05) is 36.7 Å². The fourth-order valence-electron chi connectivity index (χ4n) is 13.6. The highest BCUT2D eigenvalue weighted by molar-refractivity contribution is 6.16. The van der Waals surface area contributed by atoms with Crippen LogP contribution in [-0.2, 0) is 0 Å². The lowest BCUT2D eigenvalue weighted by Crippen LogP contribution is -2.11. The number of hydrogen-bond acceptors (Lipinski definition) is 6. The van der Waals surface area contributed by atoms with Gasteiger partial charge in [0.25, 0.3) is 0 Å². The highest BCUT2D eigenvalue weighted by atomic mass is 16.3. The molecule has 0 fully saturated rings. The standard InChI is InChI=1S/C86H54N4O2/c1-4-13-63-50-66(25-20-55(63)10-1)58-30-38-72(39-31-58)89(79-47-49-87-83-77-16-7-8-18-80(77)91-85(79)83)73-40-32-61(33-41-73)69-28-23-62-24-29-70(54-71(62)53-69)76-17-9-19-81-82(76)78-46-48-88-86(84(78)92-81)90(74-42-34-59(35-43-74)67-26-21-56-11-2-5-14-64(56)51-67)75-44-36-60(37-45-75)68-27-22-57-12-3-6-15-65(57)52-68/h1-54H. The Balaban J connectivity index is 0.698. The number of nitrogens with zero attached hydrogens (tertiary/aromatic N) is 4. The largest absolute Gasteiger partial charge is 0.452 e. The molecule has 6 nitrogen and oxygen atoms in total. The van der Waals surface area contributed by atoms with Gasteiger partial charge in [0.2, 0.25) is 0 Å². The van der Waals surface area contributed by atoms with Gasteiger partial charge >= 0.3 is 0 Å². The first-order chi connectivity index (χ1) is 45.5. The van der Waals surface area contributed by atoms with E-state index in [0.717, 1.165) is 128 Å². The van der Waals surface area contributed by atoms with Crippen LogP contribution in [0.15, 0.2) is 337 Å². The number of rotatable bonds is 11. The molecule has 0 aliphatic heterocycles. The highest BCUT2D eigenvalue weighted by Crippen LogP contribution is 2.46. The molecule has 18 rings (SSSR count). The Morgan fingerprint density at radius 2 is 0.641 bits per heavy atom. The normalized spacial score (nSPS) is 11.7. The van der Waals surface area contributed by atoms with Gasteiger partial charge in [-0.3, -0.25) is 9.88 Å². The average molecular weight is 1180 g/mol. The molecule has 0 spiro atoms. The van der Waals surface area contributed by atoms with Gasteiger partial charge in [-0.1, -0.05) is 206 Å². The summed E-state index contributed by atoms with van der Waals surface area (Å²) in [5, 5.41) is 12.6. The molecule has 92 heavy (non-hydrogen) atoms. The van der Waals surface area contributed by atoms with E-state index in [9.17, 15) is 0 Å². The van der Waals surface area contributed by atoms with E-state index in [2.05, 4.69) is 301 Å². The van der Waals surface area contributed by atoms with Crippen molar-refractivity contribution in [2.45, 2.75) is 0 Å². The molecule has 18 aromatic rings. The van der Waals surface area contributed by atoms with Crippen LogP contribution in [0.1, 0.15) is 0 Å². The number of furan rings is 2. The summed E-state index contributed by atoms with van der Waals surface area (Å²) in [6.45, 7) is 0. The van der Waals surface area contributed by atoms with Gasteiger partial charge < -0.3 is 13.7 Å². The molecule has 0 radical (unpaired) electrons. The number of para-hydroxylation sites is 1. The molecule has 0 saturated carbocycles. The summed E-state index contributed by atoms with van der Waals surface area (Å²) in [5.74, 6) is 0.706. The quantitative estimate of drug-likeness (QED) is 0.129. The molecule has 4 heterocycles. The van der Waals surface area contributed by atoms with Crippen LogP contribution in [-0.4, -0.2) is 9.97 Å². The monoisotopic (exact) mass is 1170 g/mol. The molecule has 0 N–H and O–H groups in total. The van der Waals surface area contributed by atoms with E-state index >= 15 is 0 Å². The van der Waals surface area contributed by atoms with Gasteiger partial charge in [-0.15, -0.1) is 0 Å². The zero-order valence-corrected chi connectivity index (χ0v) is 49.8. The summed E-state index contributed by atoms with van der Waals surface area (Å²) in [6, 6.07) is 113. The summed E-state index contributed by atoms with van der Waals surface area (Å²) in [4.78, 5) is 14.5. The van der Waals surface area contributed by atoms with Gasteiger partial charge in [0, 0.05) is 51.3 Å². The highest BCUT2D eigenvalue weighted by Gasteiger charge is 2.24. The van der Waals surface area contributed by atoms with Gasteiger partial charge in [-0.25, -0.2) is 4.98 Å². The van der Waals surface area contributed by atoms with Crippen LogP contribution < -0.4 is 9.80 Å². The van der Waals surface area contributed by atoms with Crippen LogP contribution in [0.4, 0.5) is 34.3 Å². The number of hydrogen-bond donors (Lipinski definition) is 0. The van der Waals surface area contributed by atoms with Crippen molar-refractivity contribution in [1.82, 2.24) is 9.97 Å². The zero-order valence-electron chi connectivity index (χ0n) is 49.8. The Labute approximate surface area is 530 Å². The second-order valence-corrected chi connectivity index (χ2v) is 23.7. The van der Waals surface area contributed by atoms with E-state index in [1.165, 1.54) is 37.9 Å². The molecule has 4 aromatic heterocycles. The molecular formula is C86H54N4O2. The van der Waals surface area contributed by atoms with Crippen LogP contribution in [0.2, 0.25) is 0 Å². The first-order valence-corrected chi connectivity index (χ1v) is 31.1. The minimum Gasteiger partial charge on any atom is -0.452 e. The maximum atomic E-state index is 7.04. The van der Waals surface area contributed by atoms with Crippen LogP contribution in [0.5, 0.6) is 0 Å². The van der Waals surface area contributed by atoms with Crippen LogP contribution in [0.25, 0.3) is 143 Å². The first kappa shape index (κ1) is 52.7. The van der Waals surface area contributed by atoms with Crippen LogP contribution >= 0.6 is 0 Å². The van der Waals surface area contributed by atoms with Gasteiger partial charge in [0.05, 0.1) is 5.69 Å². The minimum absolute atomic E-state index is 0.706. The number of benzene rings is 14. The lowest BCUT2D eigenvalue weighted by atomic mass is 9.95. The maximum Gasteiger partial charge on any atom is 0.181 e. The fraction of sp³-hybridized carbons (Fsp3) is 0. The SMILES string of the molecule is c1ccc2cc(-c3ccc(N(c4ccc(-c5ccc6ccccc6c5)cc4)c4nccc5c4oc4cccc(-c6ccc7ccc(-c8ccc(N(c9ccc(-c%10ccc%11ccccc%11c%10)cc9)c9ccnc%10c9oc9ccccc9%10)cc8)cc7c6)c45)cc3)ccc2c1. The molecule has 0 aliphatic rings. The molecule has 0 saturated heterocycles. The van der Waals surface area contributed by atoms with E-state index in [1.54, 1.807) is 0 Å². The second-order valence-electron chi connectivity index (χ2n) is 23.7. The van der Waals surface area contributed by atoms with E-state index in [4.69, 9.17) is 18.8 Å². The van der Waals surface area contributed by atoms with Crippen molar-refractivity contribution < 1.29 is 8.83 Å². The molecule has 0 aliphatic carbocycles. The Morgan fingerprint density at radius 1 is 0.250 bits per heavy atom. The molecule has 430 valence electrons.